The molecule has 1 aromatic carbocycles. The van der Waals surface area contributed by atoms with Crippen molar-refractivity contribution >= 4 is 26.9 Å². The third-order valence-electron chi connectivity index (χ3n) is 4.84. The summed E-state index contributed by atoms with van der Waals surface area (Å²) >= 11 is 3.53. The van der Waals surface area contributed by atoms with E-state index >= 15 is 0 Å². The van der Waals surface area contributed by atoms with Gasteiger partial charge in [0.25, 0.3) is 0 Å². The molecule has 0 aliphatic rings. The SMILES string of the molecule is COc1cc2cc(C(C)(O)CC/C=C(\C)CCC=C(C)C)oc2c(Br)c1OC. The molecule has 154 valence electrons. The summed E-state index contributed by atoms with van der Waals surface area (Å²) in [6.07, 6.45) is 7.93. The molecule has 1 aromatic heterocycles. The van der Waals surface area contributed by atoms with Crippen LogP contribution >= 0.6 is 15.9 Å². The molecule has 0 amide bonds. The van der Waals surface area contributed by atoms with Crippen LogP contribution in [0.15, 0.2) is 44.3 Å². The molecule has 0 fully saturated rings. The number of ether oxygens (including phenoxy) is 2. The highest BCUT2D eigenvalue weighted by Gasteiger charge is 2.28. The largest absolute Gasteiger partial charge is 0.493 e. The Kier molecular flexibility index (Phi) is 7.79. The van der Waals surface area contributed by atoms with Crippen LogP contribution in [0.3, 0.4) is 0 Å². The second-order valence-corrected chi connectivity index (χ2v) is 8.43. The molecule has 28 heavy (non-hydrogen) atoms. The Morgan fingerprint density at radius 1 is 1.14 bits per heavy atom. The van der Waals surface area contributed by atoms with Gasteiger partial charge in [-0.2, -0.15) is 0 Å². The van der Waals surface area contributed by atoms with Crippen LogP contribution in [0.4, 0.5) is 0 Å². The Balaban J connectivity index is 2.16. The first-order chi connectivity index (χ1) is 13.2. The van der Waals surface area contributed by atoms with Crippen LogP contribution in [0.5, 0.6) is 11.5 Å². The molecule has 0 aliphatic heterocycles. The van der Waals surface area contributed by atoms with Crippen LogP contribution in [0, 0.1) is 0 Å². The lowest BCUT2D eigenvalue weighted by Gasteiger charge is -2.19. The maximum Gasteiger partial charge on any atom is 0.178 e. The Hall–Kier alpha value is -1.72. The van der Waals surface area contributed by atoms with Gasteiger partial charge in [-0.1, -0.05) is 23.3 Å². The first-order valence-corrected chi connectivity index (χ1v) is 10.3. The van der Waals surface area contributed by atoms with E-state index < -0.39 is 5.60 Å². The molecule has 1 N–H and O–H groups in total. The summed E-state index contributed by atoms with van der Waals surface area (Å²) < 4.78 is 17.5. The smallest absolute Gasteiger partial charge is 0.178 e. The van der Waals surface area contributed by atoms with E-state index in [4.69, 9.17) is 13.9 Å². The molecule has 0 bridgehead atoms. The number of fused-ring (bicyclic) bond motifs is 1. The highest BCUT2D eigenvalue weighted by atomic mass is 79.9. The number of benzene rings is 1. The van der Waals surface area contributed by atoms with Crippen molar-refractivity contribution in [2.75, 3.05) is 14.2 Å². The summed E-state index contributed by atoms with van der Waals surface area (Å²) in [4.78, 5) is 0. The molecule has 1 unspecified atom stereocenters. The van der Waals surface area contributed by atoms with E-state index in [1.165, 1.54) is 11.1 Å². The van der Waals surface area contributed by atoms with E-state index in [1.807, 2.05) is 12.1 Å². The second-order valence-electron chi connectivity index (χ2n) is 7.64. The van der Waals surface area contributed by atoms with Crippen molar-refractivity contribution in [2.45, 2.75) is 59.0 Å². The monoisotopic (exact) mass is 450 g/mol. The molecule has 0 spiro atoms. The minimum absolute atomic E-state index is 0.536. The van der Waals surface area contributed by atoms with Gasteiger partial charge in [0.2, 0.25) is 0 Å². The van der Waals surface area contributed by atoms with Crippen LogP contribution in [-0.4, -0.2) is 19.3 Å². The van der Waals surface area contributed by atoms with Crippen molar-refractivity contribution in [3.05, 3.63) is 45.7 Å². The Morgan fingerprint density at radius 2 is 1.86 bits per heavy atom. The van der Waals surface area contributed by atoms with Gasteiger partial charge < -0.3 is 19.0 Å². The number of allylic oxidation sites excluding steroid dienone is 4. The van der Waals surface area contributed by atoms with Crippen molar-refractivity contribution in [2.24, 2.45) is 0 Å². The minimum atomic E-state index is -1.06. The quantitative estimate of drug-likeness (QED) is 0.422. The Labute approximate surface area is 176 Å². The third kappa shape index (κ3) is 5.42. The topological polar surface area (TPSA) is 51.8 Å². The van der Waals surface area contributed by atoms with E-state index in [0.29, 0.717) is 33.7 Å². The molecule has 1 heterocycles. The molecule has 1 atom stereocenters. The lowest BCUT2D eigenvalue weighted by molar-refractivity contribution is 0.0277. The van der Waals surface area contributed by atoms with Gasteiger partial charge in [0.15, 0.2) is 17.1 Å². The molecule has 4 nitrogen and oxygen atoms in total. The second kappa shape index (κ2) is 9.66. The molecule has 2 rings (SSSR count). The first kappa shape index (κ1) is 22.6. The molecule has 0 saturated heterocycles. The molecule has 5 heteroatoms. The molecule has 0 saturated carbocycles. The molecule has 0 radical (unpaired) electrons. The summed E-state index contributed by atoms with van der Waals surface area (Å²) in [5.41, 5.74) is 2.27. The number of rotatable bonds is 9. The lowest BCUT2D eigenvalue weighted by atomic mass is 9.96. The summed E-state index contributed by atoms with van der Waals surface area (Å²) in [5.74, 6) is 1.73. The number of methoxy groups -OCH3 is 2. The predicted molar refractivity (Wildman–Crippen MR) is 118 cm³/mol. The van der Waals surface area contributed by atoms with Gasteiger partial charge in [0, 0.05) is 5.39 Å². The predicted octanol–water partition coefficient (Wildman–Crippen LogP) is 6.89. The van der Waals surface area contributed by atoms with E-state index in [2.05, 4.69) is 48.9 Å². The van der Waals surface area contributed by atoms with Crippen molar-refractivity contribution in [3.8, 4) is 11.5 Å². The van der Waals surface area contributed by atoms with E-state index in [-0.39, 0.29) is 0 Å². The van der Waals surface area contributed by atoms with Crippen LogP contribution in [0.2, 0.25) is 0 Å². The minimum Gasteiger partial charge on any atom is -0.493 e. The molecular weight excluding hydrogens is 420 g/mol. The number of furan rings is 1. The molecule has 2 aromatic rings. The third-order valence-corrected chi connectivity index (χ3v) is 5.56. The maximum atomic E-state index is 11.0. The molecule has 0 aliphatic carbocycles. The van der Waals surface area contributed by atoms with Crippen molar-refractivity contribution in [3.63, 3.8) is 0 Å². The Morgan fingerprint density at radius 3 is 2.46 bits per heavy atom. The zero-order valence-corrected chi connectivity index (χ0v) is 19.3. The van der Waals surface area contributed by atoms with Gasteiger partial charge in [0.1, 0.15) is 15.8 Å². The van der Waals surface area contributed by atoms with Gasteiger partial charge in [-0.3, -0.25) is 0 Å². The zero-order chi connectivity index (χ0) is 20.9. The highest BCUT2D eigenvalue weighted by molar-refractivity contribution is 9.10. The number of aliphatic hydroxyl groups is 1. The van der Waals surface area contributed by atoms with Gasteiger partial charge >= 0.3 is 0 Å². The van der Waals surface area contributed by atoms with Gasteiger partial charge in [0.05, 0.1) is 14.2 Å². The fourth-order valence-corrected chi connectivity index (χ4v) is 3.79. The van der Waals surface area contributed by atoms with Crippen molar-refractivity contribution < 1.29 is 19.0 Å². The summed E-state index contributed by atoms with van der Waals surface area (Å²) in [5, 5.41) is 11.8. The fraction of sp³-hybridized carbons (Fsp3) is 0.478. The maximum absolute atomic E-state index is 11.0. The normalized spacial score (nSPS) is 14.1. The van der Waals surface area contributed by atoms with E-state index in [1.54, 1.807) is 21.1 Å². The first-order valence-electron chi connectivity index (χ1n) is 9.55. The van der Waals surface area contributed by atoms with Crippen LogP contribution < -0.4 is 9.47 Å². The van der Waals surface area contributed by atoms with Crippen molar-refractivity contribution in [1.82, 2.24) is 0 Å². The zero-order valence-electron chi connectivity index (χ0n) is 17.7. The average molecular weight is 451 g/mol. The van der Waals surface area contributed by atoms with Crippen molar-refractivity contribution in [1.29, 1.82) is 0 Å². The number of halogens is 1. The standard InChI is InChI=1S/C23H31BrO4/c1-15(2)9-7-10-16(3)11-8-12-23(4,25)19-14-17-13-18(26-5)22(27-6)20(24)21(17)28-19/h9,11,13-14,25H,7-8,10,12H2,1-6H3/b16-11+. The summed E-state index contributed by atoms with van der Waals surface area (Å²) in [6.45, 7) is 8.17. The summed E-state index contributed by atoms with van der Waals surface area (Å²) in [6, 6.07) is 3.72. The van der Waals surface area contributed by atoms with E-state index in [9.17, 15) is 5.11 Å². The number of hydrogen-bond donors (Lipinski definition) is 1. The van der Waals surface area contributed by atoms with Crippen LogP contribution in [0.1, 0.15) is 59.1 Å². The van der Waals surface area contributed by atoms with Gasteiger partial charge in [-0.05, 0) is 81.4 Å². The Bertz CT molecular complexity index is 870. The average Bonchev–Trinajstić information content (AvgIpc) is 3.06. The number of hydrogen-bond acceptors (Lipinski definition) is 4. The highest BCUT2D eigenvalue weighted by Crippen LogP contribution is 2.44. The van der Waals surface area contributed by atoms with Crippen LogP contribution in [-0.2, 0) is 5.60 Å². The molecular formula is C23H31BrO4. The lowest BCUT2D eigenvalue weighted by Crippen LogP contribution is -2.19. The fourth-order valence-electron chi connectivity index (χ4n) is 3.12. The van der Waals surface area contributed by atoms with Crippen LogP contribution in [0.25, 0.3) is 11.0 Å². The summed E-state index contributed by atoms with van der Waals surface area (Å²) in [7, 11) is 3.18. The van der Waals surface area contributed by atoms with Gasteiger partial charge in [-0.25, -0.2) is 0 Å². The van der Waals surface area contributed by atoms with E-state index in [0.717, 1.165) is 24.6 Å². The van der Waals surface area contributed by atoms with Gasteiger partial charge in [-0.15, -0.1) is 0 Å².